The van der Waals surface area contributed by atoms with Crippen molar-refractivity contribution in [2.24, 2.45) is 0 Å². The van der Waals surface area contributed by atoms with Crippen LogP contribution in [-0.4, -0.2) is 10.8 Å². The average molecular weight is 409 g/mol. The van der Waals surface area contributed by atoms with Crippen LogP contribution in [-0.2, 0) is 4.79 Å². The van der Waals surface area contributed by atoms with Crippen LogP contribution in [0.25, 0.3) is 10.9 Å². The molecule has 5 heteroatoms. The van der Waals surface area contributed by atoms with Crippen LogP contribution in [0.3, 0.4) is 0 Å². The summed E-state index contributed by atoms with van der Waals surface area (Å²) in [6.45, 7) is 1.98. The molecule has 2 heterocycles. The second-order valence-electron chi connectivity index (χ2n) is 7.42. The van der Waals surface area contributed by atoms with Gasteiger partial charge in [0.1, 0.15) is 0 Å². The van der Waals surface area contributed by atoms with E-state index in [1.807, 2.05) is 31.2 Å². The van der Waals surface area contributed by atoms with Gasteiger partial charge in [-0.2, -0.15) is 0 Å². The minimum Gasteiger partial charge on any atom is -0.358 e. The van der Waals surface area contributed by atoms with Crippen molar-refractivity contribution in [2.75, 3.05) is 5.32 Å². The second kappa shape index (κ2) is 6.61. The van der Waals surface area contributed by atoms with Gasteiger partial charge >= 0.3 is 0 Å². The summed E-state index contributed by atoms with van der Waals surface area (Å²) in [5.74, 6) is -0.0732. The molecule has 1 aliphatic heterocycles. The molecule has 0 amide bonds. The minimum atomic E-state index is -0.251. The van der Waals surface area contributed by atoms with Gasteiger partial charge in [-0.15, -0.1) is 0 Å². The van der Waals surface area contributed by atoms with E-state index < -0.39 is 0 Å². The van der Waals surface area contributed by atoms with Crippen LogP contribution in [0.1, 0.15) is 42.0 Å². The van der Waals surface area contributed by atoms with E-state index >= 15 is 0 Å². The van der Waals surface area contributed by atoms with Gasteiger partial charge in [0.25, 0.3) is 0 Å². The number of nitrogens with one attached hydrogen (secondary N) is 1. The van der Waals surface area contributed by atoms with Crippen molar-refractivity contribution in [1.29, 1.82) is 0 Å². The maximum absolute atomic E-state index is 13.0. The van der Waals surface area contributed by atoms with E-state index in [2.05, 4.69) is 22.4 Å². The van der Waals surface area contributed by atoms with Gasteiger partial charge in [0.05, 0.1) is 15.6 Å². The SMILES string of the molecule is Cc1ccc2c3c(ccc2n1)NC1=C(C(=O)CCC1)[C@@H]3c1cccc(Cl)c1Cl. The number of allylic oxidation sites excluding steroid dienone is 2. The lowest BCUT2D eigenvalue weighted by Crippen LogP contribution is -2.27. The molecule has 0 spiro atoms. The lowest BCUT2D eigenvalue weighted by Gasteiger charge is -2.35. The molecule has 0 unspecified atom stereocenters. The van der Waals surface area contributed by atoms with Gasteiger partial charge in [0.15, 0.2) is 5.78 Å². The number of halogens is 2. The Hall–Kier alpha value is -2.36. The van der Waals surface area contributed by atoms with Gasteiger partial charge in [0, 0.05) is 40.4 Å². The first-order valence-electron chi connectivity index (χ1n) is 9.42. The lowest BCUT2D eigenvalue weighted by atomic mass is 9.74. The molecule has 0 fully saturated rings. The molecule has 3 aromatic rings. The van der Waals surface area contributed by atoms with Crippen molar-refractivity contribution in [3.63, 3.8) is 0 Å². The first kappa shape index (κ1) is 17.7. The number of benzene rings is 2. The van der Waals surface area contributed by atoms with Gasteiger partial charge in [-0.1, -0.05) is 41.4 Å². The van der Waals surface area contributed by atoms with E-state index in [1.165, 1.54) is 0 Å². The molecule has 0 bridgehead atoms. The number of pyridine rings is 1. The predicted molar refractivity (Wildman–Crippen MR) is 114 cm³/mol. The lowest BCUT2D eigenvalue weighted by molar-refractivity contribution is -0.116. The zero-order chi connectivity index (χ0) is 19.4. The normalized spacial score (nSPS) is 18.7. The minimum absolute atomic E-state index is 0.178. The van der Waals surface area contributed by atoms with E-state index in [-0.39, 0.29) is 11.7 Å². The van der Waals surface area contributed by atoms with Gasteiger partial charge in [-0.25, -0.2) is 0 Å². The van der Waals surface area contributed by atoms with Crippen molar-refractivity contribution in [3.8, 4) is 0 Å². The average Bonchev–Trinajstić information content (AvgIpc) is 2.68. The highest BCUT2D eigenvalue weighted by Crippen LogP contribution is 2.49. The molecule has 1 atom stereocenters. The third kappa shape index (κ3) is 2.65. The van der Waals surface area contributed by atoms with Crippen molar-refractivity contribution in [3.05, 3.63) is 80.6 Å². The molecule has 1 aliphatic carbocycles. The van der Waals surface area contributed by atoms with Crippen LogP contribution in [0.4, 0.5) is 5.69 Å². The zero-order valence-electron chi connectivity index (χ0n) is 15.4. The third-order valence-corrected chi connectivity index (χ3v) is 6.50. The molecular weight excluding hydrogens is 391 g/mol. The Morgan fingerprint density at radius 1 is 1.07 bits per heavy atom. The Morgan fingerprint density at radius 3 is 2.79 bits per heavy atom. The van der Waals surface area contributed by atoms with E-state index in [4.69, 9.17) is 23.2 Å². The quantitative estimate of drug-likeness (QED) is 0.505. The molecule has 28 heavy (non-hydrogen) atoms. The number of nitrogens with zero attached hydrogens (tertiary/aromatic N) is 1. The second-order valence-corrected chi connectivity index (χ2v) is 8.20. The molecule has 2 aromatic carbocycles. The van der Waals surface area contributed by atoms with Gasteiger partial charge < -0.3 is 5.32 Å². The molecule has 5 rings (SSSR count). The predicted octanol–water partition coefficient (Wildman–Crippen LogP) is 6.41. The van der Waals surface area contributed by atoms with Crippen molar-refractivity contribution < 1.29 is 4.79 Å². The van der Waals surface area contributed by atoms with Crippen molar-refractivity contribution in [2.45, 2.75) is 32.1 Å². The van der Waals surface area contributed by atoms with Gasteiger partial charge in [0.2, 0.25) is 0 Å². The molecular formula is C23H18Cl2N2O. The fourth-order valence-electron chi connectivity index (χ4n) is 4.44. The number of hydrogen-bond acceptors (Lipinski definition) is 3. The number of anilines is 1. The third-order valence-electron chi connectivity index (χ3n) is 5.66. The van der Waals surface area contributed by atoms with Crippen molar-refractivity contribution >= 4 is 45.6 Å². The monoisotopic (exact) mass is 408 g/mol. The topological polar surface area (TPSA) is 42.0 Å². The summed E-state index contributed by atoms with van der Waals surface area (Å²) >= 11 is 13.0. The molecule has 3 nitrogen and oxygen atoms in total. The summed E-state index contributed by atoms with van der Waals surface area (Å²) in [6.07, 6.45) is 2.29. The molecule has 0 saturated carbocycles. The Balaban J connectivity index is 1.87. The number of carbonyl (C=O) groups excluding carboxylic acids is 1. The fourth-order valence-corrected chi connectivity index (χ4v) is 4.86. The van der Waals surface area contributed by atoms with Gasteiger partial charge in [-0.05, 0) is 55.2 Å². The molecule has 1 N–H and O–H groups in total. The highest BCUT2D eigenvalue weighted by molar-refractivity contribution is 6.42. The number of hydrogen-bond donors (Lipinski definition) is 1. The summed E-state index contributed by atoms with van der Waals surface area (Å²) in [5.41, 5.74) is 6.61. The Labute approximate surface area is 173 Å². The number of aromatic nitrogens is 1. The number of Topliss-reactive ketones (excluding diaryl/α,β-unsaturated/α-hetero) is 1. The Bertz CT molecular complexity index is 1180. The largest absolute Gasteiger partial charge is 0.358 e. The van der Waals surface area contributed by atoms with Crippen LogP contribution in [0.15, 0.2) is 53.7 Å². The maximum atomic E-state index is 13.0. The Morgan fingerprint density at radius 2 is 1.93 bits per heavy atom. The highest BCUT2D eigenvalue weighted by Gasteiger charge is 2.37. The zero-order valence-corrected chi connectivity index (χ0v) is 16.9. The Kier molecular flexibility index (Phi) is 4.18. The summed E-state index contributed by atoms with van der Waals surface area (Å²) in [4.78, 5) is 17.7. The summed E-state index contributed by atoms with van der Waals surface area (Å²) in [6, 6.07) is 13.8. The highest BCUT2D eigenvalue weighted by atomic mass is 35.5. The van der Waals surface area contributed by atoms with E-state index in [9.17, 15) is 4.79 Å². The van der Waals surface area contributed by atoms with Crippen LogP contribution in [0, 0.1) is 6.92 Å². The standard InChI is InChI=1S/C23H18Cl2N2O/c1-12-8-9-13-16(26-12)10-11-18-20(13)21(14-4-2-5-15(24)23(14)25)22-17(27-18)6-3-7-19(22)28/h2,4-5,8-11,21,27H,3,6-7H2,1H3/t21-/m1/s1. The smallest absolute Gasteiger partial charge is 0.161 e. The molecule has 0 radical (unpaired) electrons. The summed E-state index contributed by atoms with van der Waals surface area (Å²) < 4.78 is 0. The maximum Gasteiger partial charge on any atom is 0.161 e. The molecule has 1 aromatic heterocycles. The fraction of sp³-hybridized carbons (Fsp3) is 0.217. The number of ketones is 1. The summed E-state index contributed by atoms with van der Waals surface area (Å²) in [7, 11) is 0. The summed E-state index contributed by atoms with van der Waals surface area (Å²) in [5, 5.41) is 5.56. The first-order valence-corrected chi connectivity index (χ1v) is 10.2. The molecule has 2 aliphatic rings. The van der Waals surface area contributed by atoms with Crippen LogP contribution >= 0.6 is 23.2 Å². The number of rotatable bonds is 1. The van der Waals surface area contributed by atoms with Crippen LogP contribution < -0.4 is 5.32 Å². The molecule has 0 saturated heterocycles. The van der Waals surface area contributed by atoms with E-state index in [0.29, 0.717) is 16.5 Å². The van der Waals surface area contributed by atoms with Crippen molar-refractivity contribution in [1.82, 2.24) is 4.98 Å². The van der Waals surface area contributed by atoms with Crippen LogP contribution in [0.2, 0.25) is 10.0 Å². The van der Waals surface area contributed by atoms with Gasteiger partial charge in [-0.3, -0.25) is 9.78 Å². The first-order chi connectivity index (χ1) is 13.5. The molecule has 140 valence electrons. The van der Waals surface area contributed by atoms with E-state index in [0.717, 1.165) is 57.5 Å². The van der Waals surface area contributed by atoms with E-state index in [1.54, 1.807) is 6.07 Å². The number of carbonyl (C=O) groups is 1. The number of aryl methyl sites for hydroxylation is 1. The number of fused-ring (bicyclic) bond motifs is 3. The van der Waals surface area contributed by atoms with Crippen LogP contribution in [0.5, 0.6) is 0 Å².